The van der Waals surface area contributed by atoms with Gasteiger partial charge in [0.05, 0.1) is 11.9 Å². The van der Waals surface area contributed by atoms with Crippen molar-refractivity contribution in [3.8, 4) is 11.3 Å². The minimum atomic E-state index is -1.32. The molecule has 128 valence electrons. The van der Waals surface area contributed by atoms with Crippen molar-refractivity contribution in [2.45, 2.75) is 20.4 Å². The lowest BCUT2D eigenvalue weighted by Crippen LogP contribution is -2.19. The number of nitrogens with zero attached hydrogens (tertiary/aromatic N) is 5. The summed E-state index contributed by atoms with van der Waals surface area (Å²) < 4.78 is 1.85. The SMILES string of the molecule is CCn1ncc(-c2csc(NC(=O)c3nccnc3C(=O)O)n2)c1C. The fourth-order valence-corrected chi connectivity index (χ4v) is 2.99. The number of hydrogen-bond donors (Lipinski definition) is 2. The zero-order valence-corrected chi connectivity index (χ0v) is 14.2. The summed E-state index contributed by atoms with van der Waals surface area (Å²) in [6, 6.07) is 0. The molecule has 3 aromatic heterocycles. The molecule has 3 rings (SSSR count). The average molecular weight is 358 g/mol. The maximum atomic E-state index is 12.3. The molecule has 0 aliphatic rings. The second-order valence-corrected chi connectivity index (χ2v) is 5.87. The Morgan fingerprint density at radius 1 is 1.28 bits per heavy atom. The standard InChI is InChI=1S/C15H14N6O3S/c1-3-21-8(2)9(6-18-21)10-7-25-15(19-10)20-13(22)11-12(14(23)24)17-5-4-16-11/h4-7H,3H2,1-2H3,(H,23,24)(H,19,20,22). The van der Waals surface area contributed by atoms with Crippen LogP contribution in [0.1, 0.15) is 33.6 Å². The molecule has 25 heavy (non-hydrogen) atoms. The molecule has 0 saturated carbocycles. The van der Waals surface area contributed by atoms with Crippen molar-refractivity contribution >= 4 is 28.3 Å². The summed E-state index contributed by atoms with van der Waals surface area (Å²) in [6.45, 7) is 4.70. The maximum Gasteiger partial charge on any atom is 0.356 e. The predicted octanol–water partition coefficient (Wildman–Crippen LogP) is 2.08. The average Bonchev–Trinajstić information content (AvgIpc) is 3.20. The zero-order chi connectivity index (χ0) is 18.0. The fraction of sp³-hybridized carbons (Fsp3) is 0.200. The lowest BCUT2D eigenvalue weighted by atomic mass is 10.2. The number of aromatic carboxylic acids is 1. The van der Waals surface area contributed by atoms with Gasteiger partial charge >= 0.3 is 5.97 Å². The van der Waals surface area contributed by atoms with Crippen LogP contribution in [0.15, 0.2) is 24.0 Å². The molecule has 3 heterocycles. The second-order valence-electron chi connectivity index (χ2n) is 5.01. The largest absolute Gasteiger partial charge is 0.476 e. The van der Waals surface area contributed by atoms with Gasteiger partial charge in [-0.25, -0.2) is 19.7 Å². The number of rotatable bonds is 5. The van der Waals surface area contributed by atoms with Crippen LogP contribution in [-0.2, 0) is 6.54 Å². The van der Waals surface area contributed by atoms with Crippen molar-refractivity contribution in [1.29, 1.82) is 0 Å². The summed E-state index contributed by atoms with van der Waals surface area (Å²) in [7, 11) is 0. The Kier molecular flexibility index (Phi) is 4.52. The number of carboxylic acids is 1. The number of hydrogen-bond acceptors (Lipinski definition) is 7. The Balaban J connectivity index is 1.83. The smallest absolute Gasteiger partial charge is 0.356 e. The van der Waals surface area contributed by atoms with Crippen LogP contribution in [0.4, 0.5) is 5.13 Å². The van der Waals surface area contributed by atoms with Gasteiger partial charge in [-0.3, -0.25) is 14.8 Å². The van der Waals surface area contributed by atoms with Gasteiger partial charge in [0.15, 0.2) is 16.5 Å². The van der Waals surface area contributed by atoms with E-state index in [4.69, 9.17) is 5.11 Å². The van der Waals surface area contributed by atoms with E-state index in [1.807, 2.05) is 18.5 Å². The van der Waals surface area contributed by atoms with E-state index in [0.29, 0.717) is 10.8 Å². The van der Waals surface area contributed by atoms with E-state index in [-0.39, 0.29) is 5.69 Å². The van der Waals surface area contributed by atoms with E-state index >= 15 is 0 Å². The third-order valence-corrected chi connectivity index (χ3v) is 4.28. The first kappa shape index (κ1) is 16.7. The van der Waals surface area contributed by atoms with E-state index in [2.05, 4.69) is 25.4 Å². The van der Waals surface area contributed by atoms with Crippen LogP contribution in [0, 0.1) is 6.92 Å². The summed E-state index contributed by atoms with van der Waals surface area (Å²) >= 11 is 1.23. The van der Waals surface area contributed by atoms with Gasteiger partial charge in [-0.2, -0.15) is 5.10 Å². The minimum absolute atomic E-state index is 0.262. The monoisotopic (exact) mass is 358 g/mol. The van der Waals surface area contributed by atoms with E-state index in [1.54, 1.807) is 11.6 Å². The fourth-order valence-electron chi connectivity index (χ4n) is 2.29. The normalized spacial score (nSPS) is 10.6. The Morgan fingerprint density at radius 2 is 2.00 bits per heavy atom. The summed E-state index contributed by atoms with van der Waals surface area (Å²) in [6.07, 6.45) is 4.21. The number of carboxylic acid groups (broad SMARTS) is 1. The number of amides is 1. The van der Waals surface area contributed by atoms with Crippen LogP contribution in [0.25, 0.3) is 11.3 Å². The molecule has 10 heteroatoms. The number of nitrogens with one attached hydrogen (secondary N) is 1. The molecule has 0 atom stereocenters. The molecule has 0 fully saturated rings. The molecule has 0 aliphatic carbocycles. The third-order valence-electron chi connectivity index (χ3n) is 3.52. The van der Waals surface area contributed by atoms with Gasteiger partial charge in [0.25, 0.3) is 5.91 Å². The minimum Gasteiger partial charge on any atom is -0.476 e. The molecule has 0 radical (unpaired) electrons. The first-order valence-electron chi connectivity index (χ1n) is 7.35. The van der Waals surface area contributed by atoms with Crippen LogP contribution in [0.3, 0.4) is 0 Å². The molecular formula is C15H14N6O3S. The van der Waals surface area contributed by atoms with Gasteiger partial charge in [-0.1, -0.05) is 0 Å². The molecule has 0 unspecified atom stereocenters. The topological polar surface area (TPSA) is 123 Å². The van der Waals surface area contributed by atoms with E-state index in [1.165, 1.54) is 23.7 Å². The van der Waals surface area contributed by atoms with Crippen molar-refractivity contribution in [2.24, 2.45) is 0 Å². The maximum absolute atomic E-state index is 12.3. The first-order valence-corrected chi connectivity index (χ1v) is 8.23. The van der Waals surface area contributed by atoms with Crippen molar-refractivity contribution < 1.29 is 14.7 Å². The highest BCUT2D eigenvalue weighted by Gasteiger charge is 2.20. The summed E-state index contributed by atoms with van der Waals surface area (Å²) in [5.41, 5.74) is 1.88. The van der Waals surface area contributed by atoms with Crippen LogP contribution < -0.4 is 5.32 Å². The van der Waals surface area contributed by atoms with Gasteiger partial charge in [0.1, 0.15) is 0 Å². The Labute approximate surface area is 146 Å². The number of anilines is 1. The lowest BCUT2D eigenvalue weighted by molar-refractivity contribution is 0.0685. The van der Waals surface area contributed by atoms with E-state index in [9.17, 15) is 9.59 Å². The van der Waals surface area contributed by atoms with Crippen molar-refractivity contribution in [3.05, 3.63) is 41.1 Å². The summed E-state index contributed by atoms with van der Waals surface area (Å²) in [5.74, 6) is -1.99. The van der Waals surface area contributed by atoms with Gasteiger partial charge in [-0.05, 0) is 13.8 Å². The molecule has 1 amide bonds. The third kappa shape index (κ3) is 3.24. The first-order chi connectivity index (χ1) is 12.0. The molecule has 2 N–H and O–H groups in total. The van der Waals surface area contributed by atoms with Gasteiger partial charge in [-0.15, -0.1) is 11.3 Å². The number of carbonyl (C=O) groups is 2. The number of thiazole rings is 1. The van der Waals surface area contributed by atoms with E-state index in [0.717, 1.165) is 17.8 Å². The summed E-state index contributed by atoms with van der Waals surface area (Å²) in [4.78, 5) is 35.2. The highest BCUT2D eigenvalue weighted by molar-refractivity contribution is 7.14. The molecule has 9 nitrogen and oxygen atoms in total. The van der Waals surface area contributed by atoms with Crippen LogP contribution in [0.2, 0.25) is 0 Å². The molecule has 0 saturated heterocycles. The van der Waals surface area contributed by atoms with Crippen LogP contribution in [0.5, 0.6) is 0 Å². The van der Waals surface area contributed by atoms with Crippen LogP contribution in [-0.4, -0.2) is 41.7 Å². The Morgan fingerprint density at radius 3 is 2.64 bits per heavy atom. The number of carbonyl (C=O) groups excluding carboxylic acids is 1. The van der Waals surface area contributed by atoms with Gasteiger partial charge in [0, 0.05) is 35.6 Å². The Hall–Kier alpha value is -3.14. The van der Waals surface area contributed by atoms with Crippen LogP contribution >= 0.6 is 11.3 Å². The quantitative estimate of drug-likeness (QED) is 0.715. The van der Waals surface area contributed by atoms with Gasteiger partial charge < -0.3 is 5.11 Å². The van der Waals surface area contributed by atoms with E-state index < -0.39 is 17.6 Å². The second kappa shape index (κ2) is 6.77. The zero-order valence-electron chi connectivity index (χ0n) is 13.4. The van der Waals surface area contributed by atoms with Crippen molar-refractivity contribution in [1.82, 2.24) is 24.7 Å². The molecule has 0 aromatic carbocycles. The highest BCUT2D eigenvalue weighted by Crippen LogP contribution is 2.27. The molecule has 3 aromatic rings. The lowest BCUT2D eigenvalue weighted by Gasteiger charge is -2.03. The molecule has 0 bridgehead atoms. The molecule has 0 spiro atoms. The molecule has 0 aliphatic heterocycles. The highest BCUT2D eigenvalue weighted by atomic mass is 32.1. The number of aryl methyl sites for hydroxylation is 1. The van der Waals surface area contributed by atoms with Crippen molar-refractivity contribution in [3.63, 3.8) is 0 Å². The molecular weight excluding hydrogens is 344 g/mol. The Bertz CT molecular complexity index is 948. The summed E-state index contributed by atoms with van der Waals surface area (Å²) in [5, 5.41) is 18.1. The number of aromatic nitrogens is 5. The van der Waals surface area contributed by atoms with Crippen molar-refractivity contribution in [2.75, 3.05) is 5.32 Å². The predicted molar refractivity (Wildman–Crippen MR) is 90.7 cm³/mol. The van der Waals surface area contributed by atoms with Gasteiger partial charge in [0.2, 0.25) is 0 Å².